The predicted molar refractivity (Wildman–Crippen MR) is 120 cm³/mol. The van der Waals surface area contributed by atoms with Gasteiger partial charge in [-0.2, -0.15) is 4.31 Å². The van der Waals surface area contributed by atoms with Gasteiger partial charge in [0.2, 0.25) is 15.9 Å². The van der Waals surface area contributed by atoms with Crippen LogP contribution >= 0.6 is 11.6 Å². The number of ketones is 1. The molecule has 1 aliphatic heterocycles. The maximum Gasteiger partial charge on any atom is 0.243 e. The molecule has 0 saturated carbocycles. The number of ether oxygens (including phenoxy) is 2. The Kier molecular flexibility index (Phi) is 7.76. The largest absolute Gasteiger partial charge is 0.493 e. The van der Waals surface area contributed by atoms with Gasteiger partial charge in [0.1, 0.15) is 0 Å². The molecule has 32 heavy (non-hydrogen) atoms. The molecule has 0 N–H and O–H groups in total. The van der Waals surface area contributed by atoms with Crippen molar-refractivity contribution in [2.75, 3.05) is 40.4 Å². The number of carbonyl (C=O) groups excluding carboxylic acids is 2. The van der Waals surface area contributed by atoms with Gasteiger partial charge < -0.3 is 14.4 Å². The molecule has 0 unspecified atom stereocenters. The molecule has 1 aliphatic rings. The first-order valence-corrected chi connectivity index (χ1v) is 11.9. The average Bonchev–Trinajstić information content (AvgIpc) is 2.82. The third-order valence-electron chi connectivity index (χ3n) is 5.31. The van der Waals surface area contributed by atoms with Crippen molar-refractivity contribution in [3.8, 4) is 11.5 Å². The van der Waals surface area contributed by atoms with Crippen LogP contribution in [0.5, 0.6) is 11.5 Å². The third kappa shape index (κ3) is 5.40. The Labute approximate surface area is 192 Å². The molecule has 0 atom stereocenters. The molecule has 172 valence electrons. The van der Waals surface area contributed by atoms with E-state index in [2.05, 4.69) is 0 Å². The Morgan fingerprint density at radius 3 is 2.12 bits per heavy atom. The first-order valence-electron chi connectivity index (χ1n) is 10.0. The van der Waals surface area contributed by atoms with Gasteiger partial charge in [-0.25, -0.2) is 8.42 Å². The summed E-state index contributed by atoms with van der Waals surface area (Å²) in [4.78, 5) is 26.8. The molecule has 1 fully saturated rings. The van der Waals surface area contributed by atoms with Crippen molar-refractivity contribution in [3.05, 3.63) is 53.1 Å². The maximum atomic E-state index is 12.8. The fraction of sp³-hybridized carbons (Fsp3) is 0.364. The molecule has 2 aromatic carbocycles. The molecule has 0 aliphatic carbocycles. The Bertz CT molecular complexity index is 1080. The number of piperazine rings is 1. The van der Waals surface area contributed by atoms with Crippen molar-refractivity contribution in [1.29, 1.82) is 0 Å². The SMILES string of the molecule is COc1ccc(C(=O)CCC(=O)N2CCN(S(=O)(=O)c3ccc(Cl)cc3)CC2)cc1OC. The standard InChI is InChI=1S/C22H25ClN2O6S/c1-30-20-9-3-16(15-21(20)31-2)19(26)8-10-22(27)24-11-13-25(14-12-24)32(28,29)18-6-4-17(23)5-7-18/h3-7,9,15H,8,10-14H2,1-2H3. The summed E-state index contributed by atoms with van der Waals surface area (Å²) in [6.07, 6.45) is 0.106. The number of sulfonamides is 1. The van der Waals surface area contributed by atoms with Crippen LogP contribution in [0.1, 0.15) is 23.2 Å². The van der Waals surface area contributed by atoms with Crippen molar-refractivity contribution in [3.63, 3.8) is 0 Å². The van der Waals surface area contributed by atoms with Crippen LogP contribution in [0, 0.1) is 0 Å². The number of benzene rings is 2. The number of Topliss-reactive ketones (excluding diaryl/α,β-unsaturated/α-hetero) is 1. The fourth-order valence-corrected chi connectivity index (χ4v) is 5.01. The van der Waals surface area contributed by atoms with Gasteiger partial charge in [-0.1, -0.05) is 11.6 Å². The topological polar surface area (TPSA) is 93.2 Å². The number of hydrogen-bond acceptors (Lipinski definition) is 6. The first-order chi connectivity index (χ1) is 15.3. The van der Waals surface area contributed by atoms with Crippen LogP contribution in [-0.2, 0) is 14.8 Å². The number of methoxy groups -OCH3 is 2. The van der Waals surface area contributed by atoms with Gasteiger partial charge in [-0.3, -0.25) is 9.59 Å². The molecule has 0 radical (unpaired) electrons. The number of halogens is 1. The van der Waals surface area contributed by atoms with Crippen LogP contribution in [0.25, 0.3) is 0 Å². The molecule has 8 nitrogen and oxygen atoms in total. The Morgan fingerprint density at radius 2 is 1.53 bits per heavy atom. The summed E-state index contributed by atoms with van der Waals surface area (Å²) < 4.78 is 37.3. The van der Waals surface area contributed by atoms with E-state index in [9.17, 15) is 18.0 Å². The van der Waals surface area contributed by atoms with Crippen LogP contribution < -0.4 is 9.47 Å². The summed E-state index contributed by atoms with van der Waals surface area (Å²) in [5, 5.41) is 0.460. The molecule has 0 aromatic heterocycles. The predicted octanol–water partition coefficient (Wildman–Crippen LogP) is 2.85. The minimum Gasteiger partial charge on any atom is -0.493 e. The average molecular weight is 481 g/mol. The summed E-state index contributed by atoms with van der Waals surface area (Å²) in [5.41, 5.74) is 0.439. The van der Waals surface area contributed by atoms with Crippen LogP contribution in [0.15, 0.2) is 47.4 Å². The van der Waals surface area contributed by atoms with Gasteiger partial charge in [-0.15, -0.1) is 0 Å². The molecule has 2 aromatic rings. The first kappa shape index (κ1) is 24.0. The number of hydrogen-bond donors (Lipinski definition) is 0. The second-order valence-corrected chi connectivity index (χ2v) is 9.61. The molecule has 1 saturated heterocycles. The summed E-state index contributed by atoms with van der Waals surface area (Å²) in [5.74, 6) is 0.611. The molecular formula is C22H25ClN2O6S. The van der Waals surface area contributed by atoms with Crippen molar-refractivity contribution in [1.82, 2.24) is 9.21 Å². The van der Waals surface area contributed by atoms with E-state index in [1.165, 1.54) is 42.8 Å². The van der Waals surface area contributed by atoms with Crippen molar-refractivity contribution in [2.45, 2.75) is 17.7 Å². The zero-order valence-electron chi connectivity index (χ0n) is 17.9. The lowest BCUT2D eigenvalue weighted by atomic mass is 10.1. The highest BCUT2D eigenvalue weighted by atomic mass is 35.5. The maximum absolute atomic E-state index is 12.8. The minimum absolute atomic E-state index is 0.0527. The second-order valence-electron chi connectivity index (χ2n) is 7.23. The fourth-order valence-electron chi connectivity index (χ4n) is 3.47. The van der Waals surface area contributed by atoms with E-state index in [-0.39, 0.29) is 55.6 Å². The van der Waals surface area contributed by atoms with E-state index >= 15 is 0 Å². The highest BCUT2D eigenvalue weighted by Crippen LogP contribution is 2.28. The lowest BCUT2D eigenvalue weighted by molar-refractivity contribution is -0.132. The van der Waals surface area contributed by atoms with Gasteiger partial charge in [-0.05, 0) is 42.5 Å². The van der Waals surface area contributed by atoms with E-state index < -0.39 is 10.0 Å². The van der Waals surface area contributed by atoms with E-state index in [4.69, 9.17) is 21.1 Å². The second kappa shape index (κ2) is 10.3. The summed E-state index contributed by atoms with van der Waals surface area (Å²) in [6, 6.07) is 10.9. The number of rotatable bonds is 8. The highest BCUT2D eigenvalue weighted by Gasteiger charge is 2.30. The zero-order valence-corrected chi connectivity index (χ0v) is 19.5. The van der Waals surface area contributed by atoms with Gasteiger partial charge >= 0.3 is 0 Å². The van der Waals surface area contributed by atoms with Crippen LogP contribution in [0.4, 0.5) is 0 Å². The highest BCUT2D eigenvalue weighted by molar-refractivity contribution is 7.89. The van der Waals surface area contributed by atoms with Crippen LogP contribution in [0.3, 0.4) is 0 Å². The molecule has 0 bridgehead atoms. The lowest BCUT2D eigenvalue weighted by Gasteiger charge is -2.34. The molecular weight excluding hydrogens is 456 g/mol. The number of carbonyl (C=O) groups is 2. The smallest absolute Gasteiger partial charge is 0.243 e. The van der Waals surface area contributed by atoms with Crippen LogP contribution in [0.2, 0.25) is 5.02 Å². The van der Waals surface area contributed by atoms with E-state index in [0.29, 0.717) is 22.1 Å². The Morgan fingerprint density at radius 1 is 0.906 bits per heavy atom. The number of amides is 1. The quantitative estimate of drug-likeness (QED) is 0.539. The zero-order chi connectivity index (χ0) is 23.3. The van der Waals surface area contributed by atoms with Gasteiger partial charge in [0.25, 0.3) is 0 Å². The van der Waals surface area contributed by atoms with Gasteiger partial charge in [0, 0.05) is 49.6 Å². The van der Waals surface area contributed by atoms with Crippen molar-refractivity contribution in [2.24, 2.45) is 0 Å². The molecule has 1 heterocycles. The van der Waals surface area contributed by atoms with Crippen LogP contribution in [-0.4, -0.2) is 69.7 Å². The van der Waals surface area contributed by atoms with Gasteiger partial charge in [0.05, 0.1) is 19.1 Å². The lowest BCUT2D eigenvalue weighted by Crippen LogP contribution is -2.50. The normalized spacial score (nSPS) is 14.8. The summed E-state index contributed by atoms with van der Waals surface area (Å²) >= 11 is 5.83. The van der Waals surface area contributed by atoms with Crippen molar-refractivity contribution >= 4 is 33.3 Å². The van der Waals surface area contributed by atoms with Gasteiger partial charge in [0.15, 0.2) is 17.3 Å². The van der Waals surface area contributed by atoms with E-state index in [1.54, 1.807) is 23.1 Å². The Hall–Kier alpha value is -2.62. The summed E-state index contributed by atoms with van der Waals surface area (Å²) in [7, 11) is -0.641. The molecule has 1 amide bonds. The molecule has 3 rings (SSSR count). The Balaban J connectivity index is 1.53. The van der Waals surface area contributed by atoms with E-state index in [0.717, 1.165) is 0 Å². The molecule has 0 spiro atoms. The van der Waals surface area contributed by atoms with Crippen molar-refractivity contribution < 1.29 is 27.5 Å². The summed E-state index contributed by atoms with van der Waals surface area (Å²) in [6.45, 7) is 0.938. The monoisotopic (exact) mass is 480 g/mol. The number of nitrogens with zero attached hydrogens (tertiary/aromatic N) is 2. The third-order valence-corrected chi connectivity index (χ3v) is 7.48. The molecule has 10 heteroatoms. The minimum atomic E-state index is -3.64. The van der Waals surface area contributed by atoms with E-state index in [1.807, 2.05) is 0 Å².